The van der Waals surface area contributed by atoms with Gasteiger partial charge in [0.25, 0.3) is 0 Å². The van der Waals surface area contributed by atoms with E-state index in [9.17, 15) is 4.79 Å². The monoisotopic (exact) mass is 311 g/mol. The molecule has 0 unspecified atom stereocenters. The molecular formula is C13H14BrNO3. The zero-order chi connectivity index (χ0) is 13.4. The minimum Gasteiger partial charge on any atom is -0.492 e. The summed E-state index contributed by atoms with van der Waals surface area (Å²) in [5.41, 5.74) is 0. The summed E-state index contributed by atoms with van der Waals surface area (Å²) in [5, 5.41) is 8.71. The highest BCUT2D eigenvalue weighted by Gasteiger charge is 2.08. The lowest BCUT2D eigenvalue weighted by atomic mass is 10.3. The van der Waals surface area contributed by atoms with Gasteiger partial charge in [-0.2, -0.15) is 0 Å². The third kappa shape index (κ3) is 5.71. The van der Waals surface area contributed by atoms with Crippen LogP contribution >= 0.6 is 15.9 Å². The van der Waals surface area contributed by atoms with Gasteiger partial charge in [0.05, 0.1) is 13.1 Å². The van der Waals surface area contributed by atoms with Crippen LogP contribution in [-0.4, -0.2) is 42.2 Å². The van der Waals surface area contributed by atoms with Crippen molar-refractivity contribution < 1.29 is 14.6 Å². The Hall–Kier alpha value is -1.51. The van der Waals surface area contributed by atoms with Gasteiger partial charge in [-0.05, 0) is 18.2 Å². The van der Waals surface area contributed by atoms with E-state index in [1.165, 1.54) is 0 Å². The highest BCUT2D eigenvalue weighted by Crippen LogP contribution is 2.17. The Bertz CT molecular complexity index is 442. The molecule has 1 rings (SSSR count). The van der Waals surface area contributed by atoms with Crippen molar-refractivity contribution in [3.8, 4) is 18.1 Å². The fourth-order valence-corrected chi connectivity index (χ4v) is 1.76. The molecule has 4 nitrogen and oxygen atoms in total. The SMILES string of the molecule is C#CCN(CCOc1cccc(Br)c1)CC(=O)O. The molecule has 0 fully saturated rings. The third-order valence-corrected chi connectivity index (χ3v) is 2.64. The van der Waals surface area contributed by atoms with E-state index in [0.29, 0.717) is 19.7 Å². The number of halogens is 1. The summed E-state index contributed by atoms with van der Waals surface area (Å²) in [6.07, 6.45) is 5.18. The molecule has 0 heterocycles. The largest absolute Gasteiger partial charge is 0.492 e. The topological polar surface area (TPSA) is 49.8 Å². The standard InChI is InChI=1S/C13H14BrNO3/c1-2-6-15(10-13(16)17)7-8-18-12-5-3-4-11(14)9-12/h1,3-5,9H,6-8,10H2,(H,16,17). The molecule has 18 heavy (non-hydrogen) atoms. The van der Waals surface area contributed by atoms with Gasteiger partial charge in [0, 0.05) is 11.0 Å². The van der Waals surface area contributed by atoms with Crippen molar-refractivity contribution in [2.24, 2.45) is 0 Å². The van der Waals surface area contributed by atoms with Crippen molar-refractivity contribution in [1.82, 2.24) is 4.90 Å². The number of rotatable bonds is 7. The maximum atomic E-state index is 10.6. The van der Waals surface area contributed by atoms with Gasteiger partial charge in [-0.25, -0.2) is 0 Å². The number of carboxylic acids is 1. The Labute approximate surface area is 115 Å². The summed E-state index contributed by atoms with van der Waals surface area (Å²) in [6, 6.07) is 7.47. The molecule has 0 saturated heterocycles. The Morgan fingerprint density at radius 1 is 1.56 bits per heavy atom. The fourth-order valence-electron chi connectivity index (χ4n) is 1.38. The van der Waals surface area contributed by atoms with Gasteiger partial charge in [0.15, 0.2) is 0 Å². The van der Waals surface area contributed by atoms with Crippen LogP contribution in [0.5, 0.6) is 5.75 Å². The second-order valence-corrected chi connectivity index (χ2v) is 4.53. The Kier molecular flexibility index (Phi) is 6.26. The lowest BCUT2D eigenvalue weighted by Crippen LogP contribution is -2.33. The first-order valence-corrected chi connectivity index (χ1v) is 6.17. The number of aliphatic carboxylic acids is 1. The maximum absolute atomic E-state index is 10.6. The van der Waals surface area contributed by atoms with Crippen LogP contribution in [0.1, 0.15) is 0 Å². The number of benzene rings is 1. The van der Waals surface area contributed by atoms with Crippen molar-refractivity contribution in [2.75, 3.05) is 26.2 Å². The summed E-state index contributed by atoms with van der Waals surface area (Å²) in [7, 11) is 0. The summed E-state index contributed by atoms with van der Waals surface area (Å²) in [4.78, 5) is 12.2. The van der Waals surface area contributed by atoms with E-state index in [0.717, 1.165) is 10.2 Å². The predicted molar refractivity (Wildman–Crippen MR) is 72.5 cm³/mol. The Morgan fingerprint density at radius 3 is 2.94 bits per heavy atom. The highest BCUT2D eigenvalue weighted by molar-refractivity contribution is 9.10. The highest BCUT2D eigenvalue weighted by atomic mass is 79.9. The van der Waals surface area contributed by atoms with Crippen molar-refractivity contribution >= 4 is 21.9 Å². The molecule has 0 aliphatic carbocycles. The molecule has 0 atom stereocenters. The van der Waals surface area contributed by atoms with Gasteiger partial charge in [0.2, 0.25) is 0 Å². The Balaban J connectivity index is 2.39. The average molecular weight is 312 g/mol. The second-order valence-electron chi connectivity index (χ2n) is 3.61. The number of nitrogens with zero attached hydrogens (tertiary/aromatic N) is 1. The van der Waals surface area contributed by atoms with E-state index in [4.69, 9.17) is 16.3 Å². The van der Waals surface area contributed by atoms with E-state index in [1.807, 2.05) is 24.3 Å². The first-order valence-electron chi connectivity index (χ1n) is 5.38. The zero-order valence-corrected chi connectivity index (χ0v) is 11.4. The molecule has 0 aliphatic heterocycles. The normalized spacial score (nSPS) is 10.1. The zero-order valence-electron chi connectivity index (χ0n) is 9.80. The summed E-state index contributed by atoms with van der Waals surface area (Å²) >= 11 is 3.35. The molecule has 0 aliphatic rings. The maximum Gasteiger partial charge on any atom is 0.317 e. The van der Waals surface area contributed by atoms with Crippen LogP contribution in [0.4, 0.5) is 0 Å². The molecule has 0 saturated carbocycles. The molecule has 0 bridgehead atoms. The van der Waals surface area contributed by atoms with Crippen LogP contribution in [-0.2, 0) is 4.79 Å². The number of terminal acetylenes is 1. The van der Waals surface area contributed by atoms with Crippen molar-refractivity contribution in [3.05, 3.63) is 28.7 Å². The van der Waals surface area contributed by atoms with Gasteiger partial charge in [0.1, 0.15) is 12.4 Å². The van der Waals surface area contributed by atoms with Crippen LogP contribution in [0.25, 0.3) is 0 Å². The third-order valence-electron chi connectivity index (χ3n) is 2.15. The molecule has 0 spiro atoms. The van der Waals surface area contributed by atoms with E-state index in [2.05, 4.69) is 21.9 Å². The summed E-state index contributed by atoms with van der Waals surface area (Å²) < 4.78 is 6.45. The summed E-state index contributed by atoms with van der Waals surface area (Å²) in [5.74, 6) is 2.27. The Morgan fingerprint density at radius 2 is 2.33 bits per heavy atom. The summed E-state index contributed by atoms with van der Waals surface area (Å²) in [6.45, 7) is 1.09. The van der Waals surface area contributed by atoms with Gasteiger partial charge < -0.3 is 9.84 Å². The first kappa shape index (κ1) is 14.6. The molecule has 0 aromatic heterocycles. The number of hydrogen-bond acceptors (Lipinski definition) is 3. The fraction of sp³-hybridized carbons (Fsp3) is 0.308. The second kappa shape index (κ2) is 7.75. The van der Waals surface area contributed by atoms with Crippen molar-refractivity contribution in [3.63, 3.8) is 0 Å². The van der Waals surface area contributed by atoms with Gasteiger partial charge >= 0.3 is 5.97 Å². The minimum absolute atomic E-state index is 0.0773. The number of ether oxygens (including phenoxy) is 1. The van der Waals surface area contributed by atoms with Crippen molar-refractivity contribution in [2.45, 2.75) is 0 Å². The van der Waals surface area contributed by atoms with Gasteiger partial charge in [-0.1, -0.05) is 27.9 Å². The van der Waals surface area contributed by atoms with Gasteiger partial charge in [-0.15, -0.1) is 6.42 Å². The predicted octanol–water partition coefficient (Wildman–Crippen LogP) is 1.85. The number of carboxylic acid groups (broad SMARTS) is 1. The lowest BCUT2D eigenvalue weighted by molar-refractivity contribution is -0.138. The van der Waals surface area contributed by atoms with Gasteiger partial charge in [-0.3, -0.25) is 9.69 Å². The molecular weight excluding hydrogens is 298 g/mol. The molecule has 0 radical (unpaired) electrons. The van der Waals surface area contributed by atoms with Crippen LogP contribution in [0.2, 0.25) is 0 Å². The average Bonchev–Trinajstić information content (AvgIpc) is 2.28. The molecule has 1 N–H and O–H groups in total. The quantitative estimate of drug-likeness (QED) is 0.781. The van der Waals surface area contributed by atoms with Crippen LogP contribution in [0.15, 0.2) is 28.7 Å². The van der Waals surface area contributed by atoms with Crippen molar-refractivity contribution in [1.29, 1.82) is 0 Å². The molecule has 96 valence electrons. The lowest BCUT2D eigenvalue weighted by Gasteiger charge is -2.17. The number of hydrogen-bond donors (Lipinski definition) is 1. The number of carbonyl (C=O) groups is 1. The molecule has 0 amide bonds. The molecule has 1 aromatic rings. The van der Waals surface area contributed by atoms with Crippen LogP contribution in [0, 0.1) is 12.3 Å². The first-order chi connectivity index (χ1) is 8.61. The smallest absolute Gasteiger partial charge is 0.317 e. The minimum atomic E-state index is -0.896. The molecule has 5 heteroatoms. The van der Waals surface area contributed by atoms with Crippen LogP contribution < -0.4 is 4.74 Å². The van der Waals surface area contributed by atoms with E-state index >= 15 is 0 Å². The molecule has 1 aromatic carbocycles. The van der Waals surface area contributed by atoms with E-state index < -0.39 is 5.97 Å². The van der Waals surface area contributed by atoms with E-state index in [1.54, 1.807) is 4.90 Å². The van der Waals surface area contributed by atoms with E-state index in [-0.39, 0.29) is 6.54 Å². The van der Waals surface area contributed by atoms with Crippen LogP contribution in [0.3, 0.4) is 0 Å².